The zero-order valence-corrected chi connectivity index (χ0v) is 22.0. The Kier molecular flexibility index (Phi) is 7.99. The molecule has 1 saturated heterocycles. The Labute approximate surface area is 215 Å². The normalized spacial score (nSPS) is 14.3. The molecule has 0 radical (unpaired) electrons. The van der Waals surface area contributed by atoms with E-state index in [-0.39, 0.29) is 12.5 Å². The molecule has 3 aromatic rings. The average Bonchev–Trinajstić information content (AvgIpc) is 3.27. The van der Waals surface area contributed by atoms with Crippen molar-refractivity contribution in [2.45, 2.75) is 13.8 Å². The van der Waals surface area contributed by atoms with Gasteiger partial charge < -0.3 is 15.3 Å². The lowest BCUT2D eigenvalue weighted by atomic mass is 10.2. The van der Waals surface area contributed by atoms with E-state index in [9.17, 15) is 4.79 Å². The third-order valence-corrected chi connectivity index (χ3v) is 7.33. The van der Waals surface area contributed by atoms with Gasteiger partial charge in [-0.1, -0.05) is 35.1 Å². The minimum Gasteiger partial charge on any atom is -0.395 e. The zero-order valence-electron chi connectivity index (χ0n) is 18.8. The van der Waals surface area contributed by atoms with Gasteiger partial charge in [-0.25, -0.2) is 18.9 Å². The number of hydrogen-bond donors (Lipinski definition) is 2. The van der Waals surface area contributed by atoms with Crippen molar-refractivity contribution >= 4 is 67.4 Å². The Balaban J connectivity index is 1.46. The van der Waals surface area contributed by atoms with Gasteiger partial charge in [0, 0.05) is 38.8 Å². The number of piperazine rings is 1. The highest BCUT2D eigenvalue weighted by molar-refractivity contribution is 9.10. The highest BCUT2D eigenvalue weighted by atomic mass is 79.9. The number of nitrogens with one attached hydrogen (secondary N) is 1. The SMILES string of the molecule is Cc1nc(Nc2ncc(C(=O)N(Br)c3c(C)cccc3Cl)s2)cc(N2CCN(CCO)CC2)n1. The molecular weight excluding hydrogens is 542 g/mol. The molecule has 4 rings (SSSR count). The molecule has 1 fully saturated rings. The largest absolute Gasteiger partial charge is 0.395 e. The van der Waals surface area contributed by atoms with Crippen molar-refractivity contribution in [3.8, 4) is 0 Å². The summed E-state index contributed by atoms with van der Waals surface area (Å²) in [6, 6.07) is 7.37. The van der Waals surface area contributed by atoms with Crippen LogP contribution in [0.2, 0.25) is 5.02 Å². The summed E-state index contributed by atoms with van der Waals surface area (Å²) in [5.41, 5.74) is 1.48. The number of halogens is 2. The third kappa shape index (κ3) is 5.66. The predicted octanol–water partition coefficient (Wildman–Crippen LogP) is 4.02. The fourth-order valence-electron chi connectivity index (χ4n) is 3.73. The lowest BCUT2D eigenvalue weighted by molar-refractivity contribution is 0.101. The maximum Gasteiger partial charge on any atom is 0.280 e. The maximum absolute atomic E-state index is 13.0. The number of aromatic nitrogens is 3. The van der Waals surface area contributed by atoms with Crippen LogP contribution in [0.3, 0.4) is 0 Å². The molecule has 12 heteroatoms. The molecule has 180 valence electrons. The van der Waals surface area contributed by atoms with Crippen molar-refractivity contribution in [3.05, 3.63) is 51.7 Å². The molecule has 1 aromatic carbocycles. The number of anilines is 4. The number of hydrogen-bond acceptors (Lipinski definition) is 9. The van der Waals surface area contributed by atoms with Gasteiger partial charge >= 0.3 is 0 Å². The molecule has 2 aromatic heterocycles. The Morgan fingerprint density at radius 3 is 2.74 bits per heavy atom. The Morgan fingerprint density at radius 2 is 2.03 bits per heavy atom. The lowest BCUT2D eigenvalue weighted by Gasteiger charge is -2.35. The van der Waals surface area contributed by atoms with Gasteiger partial charge in [0.2, 0.25) is 0 Å². The van der Waals surface area contributed by atoms with E-state index in [1.807, 2.05) is 32.0 Å². The smallest absolute Gasteiger partial charge is 0.280 e. The fourth-order valence-corrected chi connectivity index (χ4v) is 5.67. The Morgan fingerprint density at radius 1 is 1.26 bits per heavy atom. The molecule has 34 heavy (non-hydrogen) atoms. The number of amides is 1. The summed E-state index contributed by atoms with van der Waals surface area (Å²) in [5, 5.41) is 13.4. The van der Waals surface area contributed by atoms with Crippen LogP contribution in [0.4, 0.5) is 22.5 Å². The first-order valence-corrected chi connectivity index (χ1v) is 12.7. The number of nitrogens with zero attached hydrogens (tertiary/aromatic N) is 6. The standard InChI is InChI=1S/C22H25BrClN7O2S/c1-14-4-3-5-16(24)20(14)31(23)21(33)17-13-25-22(34-17)28-18-12-19(27-15(2)26-18)30-8-6-29(7-9-30)10-11-32/h3-5,12-13,32H,6-11H2,1-2H3,(H,25,26,27,28). The number of aliphatic hydroxyl groups excluding tert-OH is 1. The van der Waals surface area contributed by atoms with Crippen molar-refractivity contribution in [2.24, 2.45) is 0 Å². The predicted molar refractivity (Wildman–Crippen MR) is 140 cm³/mol. The summed E-state index contributed by atoms with van der Waals surface area (Å²) >= 11 is 10.9. The van der Waals surface area contributed by atoms with E-state index in [0.29, 0.717) is 38.9 Å². The minimum atomic E-state index is -0.262. The third-order valence-electron chi connectivity index (χ3n) is 5.45. The van der Waals surface area contributed by atoms with E-state index < -0.39 is 0 Å². The molecule has 0 spiro atoms. The molecule has 9 nitrogen and oxygen atoms in total. The van der Waals surface area contributed by atoms with Crippen LogP contribution in [0.25, 0.3) is 0 Å². The second-order valence-electron chi connectivity index (χ2n) is 7.86. The van der Waals surface area contributed by atoms with E-state index in [1.165, 1.54) is 21.5 Å². The molecule has 2 N–H and O–H groups in total. The zero-order chi connectivity index (χ0) is 24.2. The molecule has 0 unspecified atom stereocenters. The van der Waals surface area contributed by atoms with Crippen LogP contribution in [0, 0.1) is 13.8 Å². The van der Waals surface area contributed by atoms with Crippen LogP contribution in [0.1, 0.15) is 21.1 Å². The van der Waals surface area contributed by atoms with Crippen molar-refractivity contribution in [2.75, 3.05) is 53.5 Å². The first-order chi connectivity index (χ1) is 16.4. The summed E-state index contributed by atoms with van der Waals surface area (Å²) in [6.45, 7) is 8.01. The van der Waals surface area contributed by atoms with Gasteiger partial charge in [0.05, 0.1) is 39.7 Å². The van der Waals surface area contributed by atoms with Gasteiger partial charge in [-0.2, -0.15) is 0 Å². The lowest BCUT2D eigenvalue weighted by Crippen LogP contribution is -2.47. The van der Waals surface area contributed by atoms with Crippen LogP contribution in [-0.2, 0) is 0 Å². The molecule has 0 saturated carbocycles. The van der Waals surface area contributed by atoms with Gasteiger partial charge in [-0.15, -0.1) is 0 Å². The van der Waals surface area contributed by atoms with Gasteiger partial charge in [0.15, 0.2) is 5.13 Å². The van der Waals surface area contributed by atoms with Crippen LogP contribution in [0.15, 0.2) is 30.5 Å². The molecule has 1 amide bonds. The van der Waals surface area contributed by atoms with Crippen molar-refractivity contribution in [1.82, 2.24) is 19.9 Å². The number of rotatable bonds is 7. The number of benzene rings is 1. The van der Waals surface area contributed by atoms with Crippen LogP contribution < -0.4 is 14.1 Å². The molecule has 3 heterocycles. The number of para-hydroxylation sites is 1. The Bertz CT molecular complexity index is 1150. The van der Waals surface area contributed by atoms with E-state index in [4.69, 9.17) is 16.7 Å². The number of carbonyl (C=O) groups excluding carboxylic acids is 1. The van der Waals surface area contributed by atoms with Gasteiger partial charge in [0.1, 0.15) is 22.3 Å². The highest BCUT2D eigenvalue weighted by Gasteiger charge is 2.23. The maximum atomic E-state index is 13.0. The molecular formula is C22H25BrClN7O2S. The molecule has 1 aliphatic heterocycles. The van der Waals surface area contributed by atoms with E-state index in [2.05, 4.69) is 46.2 Å². The topological polar surface area (TPSA) is 97.7 Å². The minimum absolute atomic E-state index is 0.170. The average molecular weight is 567 g/mol. The summed E-state index contributed by atoms with van der Waals surface area (Å²) in [7, 11) is 0. The first kappa shape index (κ1) is 24.8. The quantitative estimate of drug-likeness (QED) is 0.414. The first-order valence-electron chi connectivity index (χ1n) is 10.8. The molecule has 0 aliphatic carbocycles. The monoisotopic (exact) mass is 565 g/mol. The number of thiazole rings is 1. The van der Waals surface area contributed by atoms with Gasteiger partial charge in [-0.05, 0) is 25.5 Å². The molecule has 0 atom stereocenters. The van der Waals surface area contributed by atoms with Crippen molar-refractivity contribution in [1.29, 1.82) is 0 Å². The fraction of sp³-hybridized carbons (Fsp3) is 0.364. The summed E-state index contributed by atoms with van der Waals surface area (Å²) in [4.78, 5) is 31.3. The second kappa shape index (κ2) is 11.0. The number of aliphatic hydroxyl groups is 1. The molecule has 0 bridgehead atoms. The summed E-state index contributed by atoms with van der Waals surface area (Å²) < 4.78 is 1.37. The van der Waals surface area contributed by atoms with Crippen molar-refractivity contribution < 1.29 is 9.90 Å². The summed E-state index contributed by atoms with van der Waals surface area (Å²) in [6.07, 6.45) is 1.53. The molecule has 1 aliphatic rings. The van der Waals surface area contributed by atoms with Crippen LogP contribution >= 0.6 is 39.1 Å². The highest BCUT2D eigenvalue weighted by Crippen LogP contribution is 2.34. The van der Waals surface area contributed by atoms with E-state index in [1.54, 1.807) is 6.07 Å². The van der Waals surface area contributed by atoms with E-state index in [0.717, 1.165) is 37.6 Å². The van der Waals surface area contributed by atoms with Gasteiger partial charge in [-0.3, -0.25) is 9.69 Å². The Hall–Kier alpha value is -2.31. The van der Waals surface area contributed by atoms with Crippen molar-refractivity contribution in [3.63, 3.8) is 0 Å². The van der Waals surface area contributed by atoms with Gasteiger partial charge in [0.25, 0.3) is 5.91 Å². The van der Waals surface area contributed by atoms with E-state index >= 15 is 0 Å². The summed E-state index contributed by atoms with van der Waals surface area (Å²) in [5.74, 6) is 1.84. The number of β-amino-alcohol motifs (C(OH)–C–C–N with tert-alkyl or cyclic N) is 1. The van der Waals surface area contributed by atoms with Crippen LogP contribution in [0.5, 0.6) is 0 Å². The van der Waals surface area contributed by atoms with Crippen LogP contribution in [-0.4, -0.2) is 70.2 Å². The second-order valence-corrected chi connectivity index (χ2v) is 10.0. The number of carbonyl (C=O) groups is 1. The number of aryl methyl sites for hydroxylation is 2.